The molecule has 0 aliphatic rings. The third-order valence-corrected chi connectivity index (χ3v) is 3.98. The van der Waals surface area contributed by atoms with Crippen molar-refractivity contribution in [2.24, 2.45) is 11.7 Å². The summed E-state index contributed by atoms with van der Waals surface area (Å²) in [6, 6.07) is 7.65. The minimum atomic E-state index is -0.642. The topological polar surface area (TPSA) is 55.6 Å². The maximum Gasteiger partial charge on any atom is 0.228 e. The number of methoxy groups -OCH3 is 1. The van der Waals surface area contributed by atoms with Crippen LogP contribution in [0.2, 0.25) is 0 Å². The van der Waals surface area contributed by atoms with Crippen molar-refractivity contribution in [3.63, 3.8) is 0 Å². The Morgan fingerprint density at radius 1 is 1.30 bits per heavy atom. The van der Waals surface area contributed by atoms with Crippen LogP contribution in [0.3, 0.4) is 0 Å². The highest BCUT2D eigenvalue weighted by atomic mass is 16.5. The molecule has 0 spiro atoms. The van der Waals surface area contributed by atoms with Crippen LogP contribution in [0.4, 0.5) is 0 Å². The van der Waals surface area contributed by atoms with E-state index in [4.69, 9.17) is 10.5 Å². The van der Waals surface area contributed by atoms with Crippen molar-refractivity contribution >= 4 is 5.91 Å². The lowest BCUT2D eigenvalue weighted by Gasteiger charge is -2.36. The highest BCUT2D eigenvalue weighted by molar-refractivity contribution is 5.87. The third kappa shape index (κ3) is 3.31. The van der Waals surface area contributed by atoms with E-state index in [0.717, 1.165) is 17.9 Å². The highest BCUT2D eigenvalue weighted by Crippen LogP contribution is 2.36. The first-order chi connectivity index (χ1) is 9.34. The second kappa shape index (κ2) is 6.75. The predicted molar refractivity (Wildman–Crippen MR) is 81.9 cm³/mol. The molecule has 0 aliphatic heterocycles. The van der Waals surface area contributed by atoms with Gasteiger partial charge in [0, 0.05) is 0 Å². The van der Waals surface area contributed by atoms with Gasteiger partial charge >= 0.3 is 0 Å². The van der Waals surface area contributed by atoms with Crippen LogP contribution in [-0.2, 0) is 10.2 Å². The zero-order chi connectivity index (χ0) is 15.3. The molecule has 1 rings (SSSR count). The van der Waals surface area contributed by atoms with Crippen molar-refractivity contribution in [3.8, 4) is 5.75 Å². The van der Waals surface area contributed by atoms with Crippen LogP contribution in [0.15, 0.2) is 24.3 Å². The van der Waals surface area contributed by atoms with Gasteiger partial charge in [0.1, 0.15) is 5.75 Å². The molecule has 112 valence electrons. The summed E-state index contributed by atoms with van der Waals surface area (Å²) in [5.41, 5.74) is 6.09. The minimum absolute atomic E-state index is 0.133. The first-order valence-corrected chi connectivity index (χ1v) is 6.93. The summed E-state index contributed by atoms with van der Waals surface area (Å²) < 4.78 is 5.18. The van der Waals surface area contributed by atoms with E-state index in [1.165, 1.54) is 0 Å². The molecule has 4 nitrogen and oxygen atoms in total. The van der Waals surface area contributed by atoms with E-state index in [-0.39, 0.29) is 11.8 Å². The first-order valence-electron chi connectivity index (χ1n) is 6.93. The Balaban J connectivity index is 3.22. The number of benzene rings is 1. The van der Waals surface area contributed by atoms with E-state index in [9.17, 15) is 4.79 Å². The lowest BCUT2D eigenvalue weighted by Crippen LogP contribution is -2.47. The molecule has 1 unspecified atom stereocenters. The van der Waals surface area contributed by atoms with Crippen molar-refractivity contribution in [2.45, 2.75) is 25.7 Å². The molecule has 0 aliphatic carbocycles. The summed E-state index contributed by atoms with van der Waals surface area (Å²) in [6.45, 7) is 4.91. The van der Waals surface area contributed by atoms with E-state index < -0.39 is 5.41 Å². The summed E-state index contributed by atoms with van der Waals surface area (Å²) in [7, 11) is 5.63. The molecule has 1 amide bonds. The van der Waals surface area contributed by atoms with Crippen LogP contribution in [0, 0.1) is 5.92 Å². The number of carbonyl (C=O) groups excluding carboxylic acids is 1. The van der Waals surface area contributed by atoms with Gasteiger partial charge in [-0.3, -0.25) is 4.79 Å². The molecule has 20 heavy (non-hydrogen) atoms. The number of carbonyl (C=O) groups is 1. The van der Waals surface area contributed by atoms with Gasteiger partial charge in [-0.05, 0) is 50.7 Å². The lowest BCUT2D eigenvalue weighted by molar-refractivity contribution is -0.125. The van der Waals surface area contributed by atoms with Crippen molar-refractivity contribution in [1.29, 1.82) is 0 Å². The SMILES string of the molecule is COc1ccc(C(CCN(C)C)(C(N)=O)C(C)C)cc1. The van der Waals surface area contributed by atoms with E-state index in [0.29, 0.717) is 6.42 Å². The average Bonchev–Trinajstić information content (AvgIpc) is 2.39. The predicted octanol–water partition coefficient (Wildman–Crippen LogP) is 2.03. The lowest BCUT2D eigenvalue weighted by atomic mass is 9.68. The number of ether oxygens (including phenoxy) is 1. The number of primary amides is 1. The first kappa shape index (κ1) is 16.5. The maximum atomic E-state index is 12.2. The standard InChI is InChI=1S/C16H26N2O2/c1-12(2)16(15(17)19,10-11-18(3)4)13-6-8-14(20-5)9-7-13/h6-9,12H,10-11H2,1-5H3,(H2,17,19). The molecule has 0 saturated carbocycles. The molecular weight excluding hydrogens is 252 g/mol. The highest BCUT2D eigenvalue weighted by Gasteiger charge is 2.41. The van der Waals surface area contributed by atoms with Crippen molar-refractivity contribution in [2.75, 3.05) is 27.7 Å². The fraction of sp³-hybridized carbons (Fsp3) is 0.562. The Morgan fingerprint density at radius 2 is 1.85 bits per heavy atom. The summed E-state index contributed by atoms with van der Waals surface area (Å²) in [6.07, 6.45) is 0.708. The van der Waals surface area contributed by atoms with Crippen LogP contribution < -0.4 is 10.5 Å². The monoisotopic (exact) mass is 278 g/mol. The van der Waals surface area contributed by atoms with Gasteiger partial charge in [0.25, 0.3) is 0 Å². The summed E-state index contributed by atoms with van der Waals surface area (Å²) in [5.74, 6) is 0.649. The molecule has 1 atom stereocenters. The van der Waals surface area contributed by atoms with Crippen molar-refractivity contribution in [1.82, 2.24) is 4.90 Å². The third-order valence-electron chi connectivity index (χ3n) is 3.98. The van der Waals surface area contributed by atoms with Gasteiger partial charge in [-0.25, -0.2) is 0 Å². The number of nitrogens with zero attached hydrogens (tertiary/aromatic N) is 1. The quantitative estimate of drug-likeness (QED) is 0.830. The normalized spacial score (nSPS) is 14.3. The molecule has 2 N–H and O–H groups in total. The fourth-order valence-electron chi connectivity index (χ4n) is 2.60. The van der Waals surface area contributed by atoms with Gasteiger partial charge in [-0.2, -0.15) is 0 Å². The Kier molecular flexibility index (Phi) is 5.57. The zero-order valence-corrected chi connectivity index (χ0v) is 13.1. The van der Waals surface area contributed by atoms with Crippen LogP contribution in [-0.4, -0.2) is 38.6 Å². The van der Waals surface area contributed by atoms with Crippen LogP contribution in [0.25, 0.3) is 0 Å². The Morgan fingerprint density at radius 3 is 2.20 bits per heavy atom. The van der Waals surface area contributed by atoms with E-state index in [1.54, 1.807) is 7.11 Å². The molecule has 1 aromatic carbocycles. The number of amides is 1. The Hall–Kier alpha value is -1.55. The van der Waals surface area contributed by atoms with E-state index >= 15 is 0 Å². The van der Waals surface area contributed by atoms with E-state index in [2.05, 4.69) is 4.90 Å². The summed E-state index contributed by atoms with van der Waals surface area (Å²) in [4.78, 5) is 14.3. The van der Waals surface area contributed by atoms with Gasteiger partial charge < -0.3 is 15.4 Å². The number of hydrogen-bond donors (Lipinski definition) is 1. The summed E-state index contributed by atoms with van der Waals surface area (Å²) >= 11 is 0. The van der Waals surface area contributed by atoms with Gasteiger partial charge in [0.2, 0.25) is 5.91 Å². The molecule has 4 heteroatoms. The molecule has 0 aromatic heterocycles. The molecular formula is C16H26N2O2. The molecule has 0 radical (unpaired) electrons. The van der Waals surface area contributed by atoms with Crippen LogP contribution in [0.5, 0.6) is 5.75 Å². The van der Waals surface area contributed by atoms with Gasteiger partial charge in [0.15, 0.2) is 0 Å². The Labute approximate surface area is 121 Å². The van der Waals surface area contributed by atoms with Gasteiger partial charge in [0.05, 0.1) is 12.5 Å². The fourth-order valence-corrected chi connectivity index (χ4v) is 2.60. The molecule has 0 heterocycles. The molecule has 0 fully saturated rings. The molecule has 0 bridgehead atoms. The number of hydrogen-bond acceptors (Lipinski definition) is 3. The van der Waals surface area contributed by atoms with Gasteiger partial charge in [-0.1, -0.05) is 26.0 Å². The maximum absolute atomic E-state index is 12.2. The summed E-state index contributed by atoms with van der Waals surface area (Å²) in [5, 5.41) is 0. The van der Waals surface area contributed by atoms with Crippen molar-refractivity contribution < 1.29 is 9.53 Å². The largest absolute Gasteiger partial charge is 0.497 e. The number of rotatable bonds is 7. The van der Waals surface area contributed by atoms with Crippen molar-refractivity contribution in [3.05, 3.63) is 29.8 Å². The average molecular weight is 278 g/mol. The van der Waals surface area contributed by atoms with Crippen LogP contribution >= 0.6 is 0 Å². The minimum Gasteiger partial charge on any atom is -0.497 e. The smallest absolute Gasteiger partial charge is 0.228 e. The molecule has 1 aromatic rings. The van der Waals surface area contributed by atoms with Gasteiger partial charge in [-0.15, -0.1) is 0 Å². The zero-order valence-electron chi connectivity index (χ0n) is 13.1. The second-order valence-electron chi connectivity index (χ2n) is 5.77. The Bertz CT molecular complexity index is 440. The second-order valence-corrected chi connectivity index (χ2v) is 5.77. The van der Waals surface area contributed by atoms with Crippen LogP contribution in [0.1, 0.15) is 25.8 Å². The van der Waals surface area contributed by atoms with E-state index in [1.807, 2.05) is 52.2 Å². The number of nitrogens with two attached hydrogens (primary N) is 1. The molecule has 0 saturated heterocycles.